The first-order valence-electron chi connectivity index (χ1n) is 10.5. The van der Waals surface area contributed by atoms with Gasteiger partial charge in [-0.15, -0.1) is 0 Å². The normalized spacial score (nSPS) is 14.3. The highest BCUT2D eigenvalue weighted by Gasteiger charge is 2.30. The van der Waals surface area contributed by atoms with Crippen molar-refractivity contribution in [2.24, 2.45) is 0 Å². The van der Waals surface area contributed by atoms with Gasteiger partial charge in [0.15, 0.2) is 0 Å². The van der Waals surface area contributed by atoms with E-state index in [-0.39, 0.29) is 12.3 Å². The molecular weight excluding hydrogens is 433 g/mol. The van der Waals surface area contributed by atoms with Gasteiger partial charge in [0.25, 0.3) is 0 Å². The van der Waals surface area contributed by atoms with Crippen LogP contribution in [0.4, 0.5) is 30.6 Å². The Bertz CT molecular complexity index is 1110. The molecule has 1 N–H and O–H groups in total. The molecule has 0 radical (unpaired) electrons. The van der Waals surface area contributed by atoms with Crippen LogP contribution in [0.1, 0.15) is 16.7 Å². The number of amides is 1. The fourth-order valence-corrected chi connectivity index (χ4v) is 3.61. The van der Waals surface area contributed by atoms with E-state index in [1.165, 1.54) is 18.5 Å². The minimum Gasteiger partial charge on any atom is -0.353 e. The molecule has 0 spiro atoms. The molecule has 1 aliphatic rings. The van der Waals surface area contributed by atoms with E-state index in [2.05, 4.69) is 25.2 Å². The molecule has 1 amide bonds. The van der Waals surface area contributed by atoms with Crippen LogP contribution < -0.4 is 10.2 Å². The number of piperazine rings is 1. The SMILES string of the molecule is Cc1ccnc(Nc2cc(N3CCN(C(=O)Cc4ccc(C(F)(F)F)cc4)CC3)ncn2)c1. The van der Waals surface area contributed by atoms with Gasteiger partial charge in [0.05, 0.1) is 12.0 Å². The maximum atomic E-state index is 12.7. The van der Waals surface area contributed by atoms with Gasteiger partial charge in [-0.05, 0) is 42.3 Å². The Labute approximate surface area is 189 Å². The molecule has 0 aliphatic carbocycles. The van der Waals surface area contributed by atoms with E-state index < -0.39 is 11.7 Å². The highest BCUT2D eigenvalue weighted by atomic mass is 19.4. The lowest BCUT2D eigenvalue weighted by atomic mass is 10.1. The number of pyridine rings is 1. The van der Waals surface area contributed by atoms with Crippen LogP contribution in [0, 0.1) is 6.92 Å². The second-order valence-electron chi connectivity index (χ2n) is 7.84. The van der Waals surface area contributed by atoms with Crippen LogP contribution in [-0.4, -0.2) is 51.9 Å². The Kier molecular flexibility index (Phi) is 6.43. The lowest BCUT2D eigenvalue weighted by Gasteiger charge is -2.35. The molecule has 4 rings (SSSR count). The zero-order valence-electron chi connectivity index (χ0n) is 18.0. The number of benzene rings is 1. The van der Waals surface area contributed by atoms with Gasteiger partial charge in [-0.1, -0.05) is 12.1 Å². The zero-order valence-corrected chi connectivity index (χ0v) is 18.0. The lowest BCUT2D eigenvalue weighted by molar-refractivity contribution is -0.137. The molecule has 10 heteroatoms. The van der Waals surface area contributed by atoms with Crippen molar-refractivity contribution in [2.45, 2.75) is 19.5 Å². The maximum Gasteiger partial charge on any atom is 0.416 e. The minimum absolute atomic E-state index is 0.0726. The standard InChI is InChI=1S/C23H23F3N6O/c1-16-6-7-27-19(12-16)30-20-14-21(29-15-28-20)31-8-10-32(11-9-31)22(33)13-17-2-4-18(5-3-17)23(24,25)26/h2-7,12,14-15H,8-11,13H2,1H3,(H,27,28,29,30). The molecule has 2 aromatic heterocycles. The molecule has 172 valence electrons. The predicted octanol–water partition coefficient (Wildman–Crippen LogP) is 3.83. The van der Waals surface area contributed by atoms with Gasteiger partial charge >= 0.3 is 6.18 Å². The third kappa shape index (κ3) is 5.76. The van der Waals surface area contributed by atoms with Crippen LogP contribution in [-0.2, 0) is 17.4 Å². The molecule has 33 heavy (non-hydrogen) atoms. The van der Waals surface area contributed by atoms with Crippen molar-refractivity contribution in [1.29, 1.82) is 0 Å². The lowest BCUT2D eigenvalue weighted by Crippen LogP contribution is -2.49. The van der Waals surface area contributed by atoms with Gasteiger partial charge in [0.1, 0.15) is 23.8 Å². The van der Waals surface area contributed by atoms with Crippen LogP contribution in [0.25, 0.3) is 0 Å². The molecule has 0 saturated carbocycles. The summed E-state index contributed by atoms with van der Waals surface area (Å²) in [5, 5.41) is 3.17. The average Bonchev–Trinajstić information content (AvgIpc) is 2.79. The van der Waals surface area contributed by atoms with E-state index in [4.69, 9.17) is 0 Å². The molecule has 7 nitrogen and oxygen atoms in total. The molecule has 3 aromatic rings. The second-order valence-corrected chi connectivity index (χ2v) is 7.84. The topological polar surface area (TPSA) is 74.2 Å². The molecule has 1 fully saturated rings. The van der Waals surface area contributed by atoms with Crippen LogP contribution >= 0.6 is 0 Å². The molecule has 1 aromatic carbocycles. The Hall–Kier alpha value is -3.69. The number of aromatic nitrogens is 3. The van der Waals surface area contributed by atoms with Gasteiger partial charge < -0.3 is 15.1 Å². The molecule has 1 aliphatic heterocycles. The molecule has 3 heterocycles. The Balaban J connectivity index is 1.32. The van der Waals surface area contributed by atoms with Gasteiger partial charge in [-0.2, -0.15) is 13.2 Å². The number of halogens is 3. The van der Waals surface area contributed by atoms with Crippen molar-refractivity contribution in [3.8, 4) is 0 Å². The van der Waals surface area contributed by atoms with Crippen molar-refractivity contribution in [1.82, 2.24) is 19.9 Å². The van der Waals surface area contributed by atoms with Crippen LogP contribution in [0.3, 0.4) is 0 Å². The van der Waals surface area contributed by atoms with Gasteiger partial charge in [0, 0.05) is 38.4 Å². The van der Waals surface area contributed by atoms with E-state index in [1.54, 1.807) is 11.1 Å². The number of nitrogens with one attached hydrogen (secondary N) is 1. The van der Waals surface area contributed by atoms with Crippen molar-refractivity contribution in [3.63, 3.8) is 0 Å². The van der Waals surface area contributed by atoms with Crippen molar-refractivity contribution in [3.05, 3.63) is 71.7 Å². The number of carbonyl (C=O) groups is 1. The van der Waals surface area contributed by atoms with Crippen LogP contribution in [0.15, 0.2) is 55.0 Å². The number of anilines is 3. The number of carbonyl (C=O) groups excluding carboxylic acids is 1. The molecule has 1 saturated heterocycles. The summed E-state index contributed by atoms with van der Waals surface area (Å²) in [6, 6.07) is 10.4. The average molecular weight is 456 g/mol. The Morgan fingerprint density at radius 2 is 1.67 bits per heavy atom. The number of hydrogen-bond donors (Lipinski definition) is 1. The first kappa shape index (κ1) is 22.5. The van der Waals surface area contributed by atoms with E-state index >= 15 is 0 Å². The summed E-state index contributed by atoms with van der Waals surface area (Å²) in [5.41, 5.74) is 0.926. The summed E-state index contributed by atoms with van der Waals surface area (Å²) in [5.74, 6) is 1.96. The minimum atomic E-state index is -4.38. The summed E-state index contributed by atoms with van der Waals surface area (Å²) in [6.07, 6.45) is -1.11. The number of alkyl halides is 3. The van der Waals surface area contributed by atoms with E-state index in [0.717, 1.165) is 23.5 Å². The zero-order chi connectivity index (χ0) is 23.4. The monoisotopic (exact) mass is 456 g/mol. The van der Waals surface area contributed by atoms with Gasteiger partial charge in [-0.3, -0.25) is 4.79 Å². The molecule has 0 bridgehead atoms. The first-order valence-corrected chi connectivity index (χ1v) is 10.5. The number of hydrogen-bond acceptors (Lipinski definition) is 6. The quantitative estimate of drug-likeness (QED) is 0.629. The fraction of sp³-hybridized carbons (Fsp3) is 0.304. The fourth-order valence-electron chi connectivity index (χ4n) is 3.61. The summed E-state index contributed by atoms with van der Waals surface area (Å²) in [6.45, 7) is 4.18. The third-order valence-electron chi connectivity index (χ3n) is 5.42. The van der Waals surface area contributed by atoms with Crippen molar-refractivity contribution >= 4 is 23.4 Å². The predicted molar refractivity (Wildman–Crippen MR) is 118 cm³/mol. The van der Waals surface area contributed by atoms with Crippen molar-refractivity contribution in [2.75, 3.05) is 36.4 Å². The van der Waals surface area contributed by atoms with Crippen molar-refractivity contribution < 1.29 is 18.0 Å². The molecule has 0 unspecified atom stereocenters. The number of rotatable bonds is 5. The van der Waals surface area contributed by atoms with Crippen LogP contribution in [0.5, 0.6) is 0 Å². The van der Waals surface area contributed by atoms with Gasteiger partial charge in [0.2, 0.25) is 5.91 Å². The Morgan fingerprint density at radius 1 is 0.970 bits per heavy atom. The van der Waals surface area contributed by atoms with Gasteiger partial charge in [-0.25, -0.2) is 15.0 Å². The van der Waals surface area contributed by atoms with E-state index in [0.29, 0.717) is 43.4 Å². The second kappa shape index (κ2) is 9.43. The van der Waals surface area contributed by atoms with E-state index in [9.17, 15) is 18.0 Å². The third-order valence-corrected chi connectivity index (χ3v) is 5.42. The summed E-state index contributed by atoms with van der Waals surface area (Å²) in [4.78, 5) is 29.3. The highest BCUT2D eigenvalue weighted by molar-refractivity contribution is 5.79. The summed E-state index contributed by atoms with van der Waals surface area (Å²) >= 11 is 0. The molecule has 0 atom stereocenters. The first-order chi connectivity index (χ1) is 15.8. The highest BCUT2D eigenvalue weighted by Crippen LogP contribution is 2.29. The summed E-state index contributed by atoms with van der Waals surface area (Å²) in [7, 11) is 0. The van der Waals surface area contributed by atoms with E-state index in [1.807, 2.05) is 25.1 Å². The largest absolute Gasteiger partial charge is 0.416 e. The summed E-state index contributed by atoms with van der Waals surface area (Å²) < 4.78 is 38.1. The smallest absolute Gasteiger partial charge is 0.353 e. The number of aryl methyl sites for hydroxylation is 1. The number of nitrogens with zero attached hydrogens (tertiary/aromatic N) is 5. The van der Waals surface area contributed by atoms with Crippen LogP contribution in [0.2, 0.25) is 0 Å². The molecular formula is C23H23F3N6O. The Morgan fingerprint density at radius 3 is 2.33 bits per heavy atom. The maximum absolute atomic E-state index is 12.7.